The minimum atomic E-state index is -0.317. The van der Waals surface area contributed by atoms with Crippen molar-refractivity contribution < 1.29 is 4.52 Å². The van der Waals surface area contributed by atoms with E-state index in [1.807, 2.05) is 31.2 Å². The summed E-state index contributed by atoms with van der Waals surface area (Å²) in [6.07, 6.45) is 0. The Morgan fingerprint density at radius 2 is 1.87 bits per heavy atom. The van der Waals surface area contributed by atoms with Gasteiger partial charge in [0.25, 0.3) is 0 Å². The number of hydrogen-bond donors (Lipinski definition) is 1. The number of nitrogens with two attached hydrogens (primary N) is 1. The van der Waals surface area contributed by atoms with Crippen molar-refractivity contribution in [1.82, 2.24) is 10.1 Å². The van der Waals surface area contributed by atoms with Crippen LogP contribution in [0.25, 0.3) is 0 Å². The third-order valence-electron chi connectivity index (χ3n) is 2.26. The van der Waals surface area contributed by atoms with E-state index in [1.54, 1.807) is 6.92 Å². The normalized spacial score (nSPS) is 12.7. The highest BCUT2D eigenvalue weighted by atomic mass is 16.5. The number of rotatable bonds is 2. The van der Waals surface area contributed by atoms with Crippen LogP contribution in [0.4, 0.5) is 0 Å². The molecule has 2 aromatic rings. The first-order valence-electron chi connectivity index (χ1n) is 4.79. The maximum atomic E-state index is 5.99. The first-order chi connectivity index (χ1) is 7.16. The molecule has 0 radical (unpaired) electrons. The van der Waals surface area contributed by atoms with Crippen LogP contribution in [0.1, 0.15) is 28.9 Å². The van der Waals surface area contributed by atoms with Gasteiger partial charge < -0.3 is 10.3 Å². The Hall–Kier alpha value is -1.68. The van der Waals surface area contributed by atoms with Gasteiger partial charge in [-0.1, -0.05) is 35.0 Å². The Morgan fingerprint density at radius 1 is 1.20 bits per heavy atom. The Kier molecular flexibility index (Phi) is 2.51. The van der Waals surface area contributed by atoms with Crippen molar-refractivity contribution in [2.24, 2.45) is 5.73 Å². The molecule has 1 aromatic carbocycles. The third kappa shape index (κ3) is 2.05. The molecule has 0 saturated carbocycles. The molecule has 0 aliphatic rings. The number of benzene rings is 1. The molecule has 1 heterocycles. The summed E-state index contributed by atoms with van der Waals surface area (Å²) < 4.78 is 4.89. The van der Waals surface area contributed by atoms with Crippen molar-refractivity contribution in [2.45, 2.75) is 19.9 Å². The predicted molar refractivity (Wildman–Crippen MR) is 56.2 cm³/mol. The van der Waals surface area contributed by atoms with Crippen LogP contribution in [0.2, 0.25) is 0 Å². The molecule has 2 N–H and O–H groups in total. The monoisotopic (exact) mass is 203 g/mol. The first-order valence-corrected chi connectivity index (χ1v) is 4.79. The summed E-state index contributed by atoms with van der Waals surface area (Å²) in [5, 5.41) is 3.80. The van der Waals surface area contributed by atoms with Gasteiger partial charge in [0.05, 0.1) is 6.04 Å². The second-order valence-electron chi connectivity index (χ2n) is 3.56. The Labute approximate surface area is 88.1 Å². The molecule has 78 valence electrons. The van der Waals surface area contributed by atoms with Crippen LogP contribution in [-0.2, 0) is 0 Å². The van der Waals surface area contributed by atoms with E-state index in [1.165, 1.54) is 5.56 Å². The van der Waals surface area contributed by atoms with E-state index in [0.717, 1.165) is 5.56 Å². The summed E-state index contributed by atoms with van der Waals surface area (Å²) in [5.41, 5.74) is 8.19. The minimum Gasteiger partial charge on any atom is -0.340 e. The van der Waals surface area contributed by atoms with Crippen molar-refractivity contribution >= 4 is 0 Å². The van der Waals surface area contributed by atoms with Gasteiger partial charge in [0, 0.05) is 6.92 Å². The van der Waals surface area contributed by atoms with Gasteiger partial charge in [0.15, 0.2) is 5.82 Å². The lowest BCUT2D eigenvalue weighted by molar-refractivity contribution is 0.385. The van der Waals surface area contributed by atoms with Crippen LogP contribution in [-0.4, -0.2) is 10.1 Å². The Bertz CT molecular complexity index is 447. The highest BCUT2D eigenvalue weighted by molar-refractivity contribution is 5.27. The van der Waals surface area contributed by atoms with Gasteiger partial charge >= 0.3 is 0 Å². The highest BCUT2D eigenvalue weighted by Crippen LogP contribution is 2.16. The van der Waals surface area contributed by atoms with Crippen LogP contribution >= 0.6 is 0 Å². The Balaban J connectivity index is 2.28. The summed E-state index contributed by atoms with van der Waals surface area (Å²) >= 11 is 0. The average molecular weight is 203 g/mol. The smallest absolute Gasteiger partial charge is 0.223 e. The minimum absolute atomic E-state index is 0.317. The van der Waals surface area contributed by atoms with E-state index in [-0.39, 0.29) is 6.04 Å². The predicted octanol–water partition coefficient (Wildman–Crippen LogP) is 1.73. The SMILES string of the molecule is Cc1ccc(C(N)c2noc(C)n2)cc1. The topological polar surface area (TPSA) is 64.9 Å². The van der Waals surface area contributed by atoms with E-state index in [2.05, 4.69) is 10.1 Å². The second kappa shape index (κ2) is 3.82. The molecule has 0 aliphatic heterocycles. The Morgan fingerprint density at radius 3 is 2.40 bits per heavy atom. The van der Waals surface area contributed by atoms with Crippen LogP contribution in [0.5, 0.6) is 0 Å². The third-order valence-corrected chi connectivity index (χ3v) is 2.26. The quantitative estimate of drug-likeness (QED) is 0.807. The van der Waals surface area contributed by atoms with E-state index in [4.69, 9.17) is 10.3 Å². The van der Waals surface area contributed by atoms with Gasteiger partial charge in [0.1, 0.15) is 0 Å². The lowest BCUT2D eigenvalue weighted by atomic mass is 10.1. The molecule has 2 rings (SSSR count). The molecule has 4 nitrogen and oxygen atoms in total. The van der Waals surface area contributed by atoms with Crippen LogP contribution in [0.3, 0.4) is 0 Å². The molecule has 0 aliphatic carbocycles. The number of aryl methyl sites for hydroxylation is 2. The maximum absolute atomic E-state index is 5.99. The molecule has 0 amide bonds. The number of nitrogens with zero attached hydrogens (tertiary/aromatic N) is 2. The number of aromatic nitrogens is 2. The van der Waals surface area contributed by atoms with Crippen molar-refractivity contribution in [2.75, 3.05) is 0 Å². The molecule has 4 heteroatoms. The standard InChI is InChI=1S/C11H13N3O/c1-7-3-5-9(6-4-7)10(12)11-13-8(2)15-14-11/h3-6,10H,12H2,1-2H3. The van der Waals surface area contributed by atoms with Crippen molar-refractivity contribution in [3.63, 3.8) is 0 Å². The van der Waals surface area contributed by atoms with Crippen LogP contribution in [0, 0.1) is 13.8 Å². The highest BCUT2D eigenvalue weighted by Gasteiger charge is 2.14. The van der Waals surface area contributed by atoms with Gasteiger partial charge in [-0.05, 0) is 12.5 Å². The molecule has 0 bridgehead atoms. The molecule has 15 heavy (non-hydrogen) atoms. The fraction of sp³-hybridized carbons (Fsp3) is 0.273. The molecular formula is C11H13N3O. The van der Waals surface area contributed by atoms with Gasteiger partial charge in [-0.3, -0.25) is 0 Å². The lowest BCUT2D eigenvalue weighted by Gasteiger charge is -2.07. The lowest BCUT2D eigenvalue weighted by Crippen LogP contribution is -2.13. The van der Waals surface area contributed by atoms with Gasteiger partial charge in [-0.25, -0.2) is 0 Å². The van der Waals surface area contributed by atoms with E-state index in [9.17, 15) is 0 Å². The molecule has 1 atom stereocenters. The molecular weight excluding hydrogens is 190 g/mol. The summed E-state index contributed by atoms with van der Waals surface area (Å²) in [6.45, 7) is 3.78. The average Bonchev–Trinajstić information content (AvgIpc) is 2.65. The molecule has 0 fully saturated rings. The fourth-order valence-electron chi connectivity index (χ4n) is 1.36. The molecule has 1 unspecified atom stereocenters. The zero-order chi connectivity index (χ0) is 10.8. The summed E-state index contributed by atoms with van der Waals surface area (Å²) in [4.78, 5) is 4.11. The van der Waals surface area contributed by atoms with Crippen LogP contribution in [0.15, 0.2) is 28.8 Å². The van der Waals surface area contributed by atoms with Gasteiger partial charge in [-0.15, -0.1) is 0 Å². The number of hydrogen-bond acceptors (Lipinski definition) is 4. The second-order valence-corrected chi connectivity index (χ2v) is 3.56. The summed E-state index contributed by atoms with van der Waals surface area (Å²) in [7, 11) is 0. The van der Waals surface area contributed by atoms with E-state index >= 15 is 0 Å². The zero-order valence-corrected chi connectivity index (χ0v) is 8.77. The van der Waals surface area contributed by atoms with Crippen molar-refractivity contribution in [1.29, 1.82) is 0 Å². The van der Waals surface area contributed by atoms with Gasteiger partial charge in [0.2, 0.25) is 5.89 Å². The molecule has 0 saturated heterocycles. The summed E-state index contributed by atoms with van der Waals surface area (Å²) in [6, 6.07) is 7.67. The molecule has 1 aromatic heterocycles. The maximum Gasteiger partial charge on any atom is 0.223 e. The molecule has 0 spiro atoms. The first kappa shape index (κ1) is 9.86. The van der Waals surface area contributed by atoms with Crippen molar-refractivity contribution in [3.8, 4) is 0 Å². The van der Waals surface area contributed by atoms with E-state index in [0.29, 0.717) is 11.7 Å². The fourth-order valence-corrected chi connectivity index (χ4v) is 1.36. The largest absolute Gasteiger partial charge is 0.340 e. The van der Waals surface area contributed by atoms with Gasteiger partial charge in [-0.2, -0.15) is 4.98 Å². The van der Waals surface area contributed by atoms with E-state index < -0.39 is 0 Å². The summed E-state index contributed by atoms with van der Waals surface area (Å²) in [5.74, 6) is 1.06. The van der Waals surface area contributed by atoms with Crippen LogP contribution < -0.4 is 5.73 Å². The zero-order valence-electron chi connectivity index (χ0n) is 8.77. The van der Waals surface area contributed by atoms with Crippen molar-refractivity contribution in [3.05, 3.63) is 47.1 Å².